The number of aliphatic imine (C=N–C) groups is 2. The molecule has 0 saturated carbocycles. The molecule has 0 aromatic heterocycles. The van der Waals surface area contributed by atoms with E-state index in [0.29, 0.717) is 5.84 Å². The van der Waals surface area contributed by atoms with Gasteiger partial charge in [0.15, 0.2) is 5.84 Å². The molecule has 0 fully saturated rings. The lowest BCUT2D eigenvalue weighted by Gasteiger charge is -2.40. The number of hydrogen-bond donors (Lipinski definition) is 1. The first-order valence-corrected chi connectivity index (χ1v) is 19.8. The van der Waals surface area contributed by atoms with Crippen LogP contribution in [-0.4, -0.2) is 11.7 Å². The third kappa shape index (κ3) is 4.82. The van der Waals surface area contributed by atoms with Crippen molar-refractivity contribution < 1.29 is 4.74 Å². The van der Waals surface area contributed by atoms with E-state index in [2.05, 4.69) is 181 Å². The Morgan fingerprint density at radius 1 is 0.431 bits per heavy atom. The van der Waals surface area contributed by atoms with Crippen LogP contribution in [0.25, 0.3) is 43.8 Å². The van der Waals surface area contributed by atoms with Gasteiger partial charge in [-0.3, -0.25) is 0 Å². The van der Waals surface area contributed by atoms with Gasteiger partial charge in [-0.1, -0.05) is 194 Å². The molecular weight excluding hydrogens is 707 g/mol. The van der Waals surface area contributed by atoms with Crippen LogP contribution in [0.3, 0.4) is 0 Å². The van der Waals surface area contributed by atoms with E-state index in [1.54, 1.807) is 0 Å². The van der Waals surface area contributed by atoms with E-state index in [4.69, 9.17) is 14.7 Å². The normalized spacial score (nSPS) is 15.7. The zero-order valence-corrected chi connectivity index (χ0v) is 31.4. The van der Waals surface area contributed by atoms with Crippen molar-refractivity contribution >= 4 is 33.2 Å². The third-order valence-electron chi connectivity index (χ3n) is 12.2. The summed E-state index contributed by atoms with van der Waals surface area (Å²) in [6.45, 7) is 0. The Balaban J connectivity index is 1.05. The third-order valence-corrected chi connectivity index (χ3v) is 12.2. The van der Waals surface area contributed by atoms with E-state index in [9.17, 15) is 0 Å². The van der Waals surface area contributed by atoms with Gasteiger partial charge >= 0.3 is 0 Å². The minimum Gasteiger partial charge on any atom is -0.455 e. The molecule has 1 unspecified atom stereocenters. The summed E-state index contributed by atoms with van der Waals surface area (Å²) < 4.78 is 7.14. The lowest BCUT2D eigenvalue weighted by atomic mass is 9.65. The number of ether oxygens (including phenoxy) is 1. The molecule has 0 saturated heterocycles. The molecule has 4 nitrogen and oxygen atoms in total. The number of fused-ring (bicyclic) bond motifs is 13. The molecule has 2 heterocycles. The number of rotatable bonds is 4. The molecule has 0 amide bonds. The fraction of sp³-hybridized carbons (Fsp3) is 0.0370. The Morgan fingerprint density at radius 2 is 0.966 bits per heavy atom. The Bertz CT molecular complexity index is 3080. The van der Waals surface area contributed by atoms with Crippen molar-refractivity contribution in [3.63, 3.8) is 0 Å². The lowest BCUT2D eigenvalue weighted by Crippen LogP contribution is -2.34. The van der Waals surface area contributed by atoms with Gasteiger partial charge in [-0.25, -0.2) is 9.98 Å². The highest BCUT2D eigenvalue weighted by molar-refractivity contribution is 6.13. The first kappa shape index (κ1) is 32.7. The number of hydrogen-bond acceptors (Lipinski definition) is 4. The molecule has 12 rings (SSSR count). The predicted molar refractivity (Wildman–Crippen MR) is 236 cm³/mol. The minimum atomic E-state index is -0.608. The topological polar surface area (TPSA) is 46.0 Å². The summed E-state index contributed by atoms with van der Waals surface area (Å²) in [7, 11) is 0. The summed E-state index contributed by atoms with van der Waals surface area (Å²) in [6, 6.07) is 71.5. The molecule has 1 aliphatic carbocycles. The van der Waals surface area contributed by atoms with E-state index >= 15 is 0 Å². The van der Waals surface area contributed by atoms with Crippen LogP contribution in [-0.2, 0) is 5.41 Å². The first-order valence-electron chi connectivity index (χ1n) is 19.8. The van der Waals surface area contributed by atoms with Crippen molar-refractivity contribution in [1.29, 1.82) is 0 Å². The van der Waals surface area contributed by atoms with E-state index in [1.807, 2.05) is 24.3 Å². The highest BCUT2D eigenvalue weighted by Gasteiger charge is 2.52. The van der Waals surface area contributed by atoms with Crippen LogP contribution >= 0.6 is 0 Å². The van der Waals surface area contributed by atoms with Crippen LogP contribution in [0.4, 0.5) is 0 Å². The number of nitrogens with zero attached hydrogens (tertiary/aromatic N) is 2. The highest BCUT2D eigenvalue weighted by Crippen LogP contribution is 2.64. The number of nitrogens with one attached hydrogen (secondary N) is 1. The fourth-order valence-corrected chi connectivity index (χ4v) is 9.53. The van der Waals surface area contributed by atoms with Crippen LogP contribution in [0.15, 0.2) is 210 Å². The van der Waals surface area contributed by atoms with Gasteiger partial charge in [0.1, 0.15) is 23.5 Å². The van der Waals surface area contributed by atoms with E-state index < -0.39 is 5.41 Å². The van der Waals surface area contributed by atoms with Crippen molar-refractivity contribution in [2.45, 2.75) is 11.6 Å². The smallest absolute Gasteiger partial charge is 0.159 e. The first-order chi connectivity index (χ1) is 28.7. The Labute approximate surface area is 336 Å². The summed E-state index contributed by atoms with van der Waals surface area (Å²) in [5, 5.41) is 8.27. The standard InChI is InChI=1S/C54H35N3O/c1-3-13-34(14-4-1)35-23-25-39(26-24-35)52-55-51(38-17-5-2-6-18-38)56-53(57-52)40-29-30-46-44(33-40)43-21-11-12-22-45(43)54(46)47-31-27-36-15-7-9-19-41(36)49(47)58-50-42-20-10-8-16-37(42)28-32-48(50)54/h1-33,52H,(H,55,56,57). The fourth-order valence-electron chi connectivity index (χ4n) is 9.53. The average molecular weight is 742 g/mol. The summed E-state index contributed by atoms with van der Waals surface area (Å²) in [5.41, 5.74) is 12.0. The summed E-state index contributed by atoms with van der Waals surface area (Å²) in [5.74, 6) is 3.32. The summed E-state index contributed by atoms with van der Waals surface area (Å²) in [4.78, 5) is 10.4. The molecule has 58 heavy (non-hydrogen) atoms. The molecule has 1 N–H and O–H groups in total. The summed E-state index contributed by atoms with van der Waals surface area (Å²) in [6.07, 6.45) is -0.324. The van der Waals surface area contributed by atoms with Gasteiger partial charge in [0.2, 0.25) is 0 Å². The van der Waals surface area contributed by atoms with Crippen LogP contribution in [0.5, 0.6) is 11.5 Å². The SMILES string of the molecule is c1ccc(C2=NC(c3ccc(-c4ccccc4)cc3)NC(c3ccc4c(c3)-c3ccccc3C43c4ccc5ccccc5c4Oc4c3ccc3ccccc43)=N2)cc1. The van der Waals surface area contributed by atoms with Gasteiger partial charge in [-0.05, 0) is 55.8 Å². The molecule has 272 valence electrons. The van der Waals surface area contributed by atoms with Crippen LogP contribution in [0.1, 0.15) is 45.1 Å². The predicted octanol–water partition coefficient (Wildman–Crippen LogP) is 12.6. The maximum Gasteiger partial charge on any atom is 0.159 e. The Morgan fingerprint density at radius 3 is 1.66 bits per heavy atom. The van der Waals surface area contributed by atoms with Gasteiger partial charge in [-0.2, -0.15) is 0 Å². The second-order valence-electron chi connectivity index (χ2n) is 15.3. The second kappa shape index (κ2) is 12.7. The number of amidine groups is 2. The lowest BCUT2D eigenvalue weighted by molar-refractivity contribution is 0.447. The zero-order valence-electron chi connectivity index (χ0n) is 31.4. The molecule has 2 aliphatic heterocycles. The van der Waals surface area contributed by atoms with Crippen molar-refractivity contribution in [1.82, 2.24) is 5.32 Å². The quantitative estimate of drug-likeness (QED) is 0.195. The van der Waals surface area contributed by atoms with Crippen LogP contribution < -0.4 is 10.1 Å². The number of benzene rings is 9. The molecule has 4 heteroatoms. The molecule has 1 spiro atoms. The Hall–Kier alpha value is -7.56. The Kier molecular flexibility index (Phi) is 7.17. The minimum absolute atomic E-state index is 0.324. The molecule has 9 aromatic rings. The van der Waals surface area contributed by atoms with Crippen molar-refractivity contribution in [3.05, 3.63) is 239 Å². The molecular formula is C54H35N3O. The van der Waals surface area contributed by atoms with Crippen molar-refractivity contribution in [2.75, 3.05) is 0 Å². The maximum absolute atomic E-state index is 7.14. The molecule has 9 aromatic carbocycles. The highest BCUT2D eigenvalue weighted by atomic mass is 16.5. The molecule has 0 bridgehead atoms. The average Bonchev–Trinajstić information content (AvgIpc) is 3.59. The maximum atomic E-state index is 7.14. The monoisotopic (exact) mass is 741 g/mol. The van der Waals surface area contributed by atoms with Gasteiger partial charge in [0.05, 0.1) is 5.41 Å². The van der Waals surface area contributed by atoms with Crippen LogP contribution in [0.2, 0.25) is 0 Å². The van der Waals surface area contributed by atoms with Crippen molar-refractivity contribution in [3.8, 4) is 33.8 Å². The van der Waals surface area contributed by atoms with E-state index in [0.717, 1.165) is 66.7 Å². The van der Waals surface area contributed by atoms with E-state index in [-0.39, 0.29) is 6.17 Å². The second-order valence-corrected chi connectivity index (χ2v) is 15.3. The van der Waals surface area contributed by atoms with Crippen LogP contribution in [0, 0.1) is 0 Å². The van der Waals surface area contributed by atoms with Crippen molar-refractivity contribution in [2.24, 2.45) is 9.98 Å². The zero-order chi connectivity index (χ0) is 38.2. The molecule has 1 atom stereocenters. The van der Waals surface area contributed by atoms with Gasteiger partial charge in [-0.15, -0.1) is 0 Å². The summed E-state index contributed by atoms with van der Waals surface area (Å²) >= 11 is 0. The van der Waals surface area contributed by atoms with Gasteiger partial charge in [0.25, 0.3) is 0 Å². The van der Waals surface area contributed by atoms with Gasteiger partial charge in [0, 0.05) is 33.0 Å². The van der Waals surface area contributed by atoms with Gasteiger partial charge < -0.3 is 10.1 Å². The molecule has 0 radical (unpaired) electrons. The van der Waals surface area contributed by atoms with E-state index in [1.165, 1.54) is 33.4 Å². The largest absolute Gasteiger partial charge is 0.455 e. The molecule has 3 aliphatic rings.